The first-order chi connectivity index (χ1) is 7.24. The van der Waals surface area contributed by atoms with E-state index in [1.807, 2.05) is 20.0 Å². The lowest BCUT2D eigenvalue weighted by Crippen LogP contribution is -2.04. The molecule has 6 nitrogen and oxygen atoms in total. The van der Waals surface area contributed by atoms with Crippen LogP contribution in [0.15, 0.2) is 18.6 Å². The van der Waals surface area contributed by atoms with Gasteiger partial charge in [0, 0.05) is 7.05 Å². The molecule has 0 spiro atoms. The summed E-state index contributed by atoms with van der Waals surface area (Å²) in [6, 6.07) is 1.93. The van der Waals surface area contributed by atoms with Crippen molar-refractivity contribution in [1.29, 1.82) is 0 Å². The lowest BCUT2D eigenvalue weighted by atomic mass is 10.3. The molecular formula is C9H12N6. The summed E-state index contributed by atoms with van der Waals surface area (Å²) in [4.78, 5) is 4.09. The van der Waals surface area contributed by atoms with Gasteiger partial charge in [-0.25, -0.2) is 4.98 Å². The van der Waals surface area contributed by atoms with Gasteiger partial charge in [0.1, 0.15) is 12.1 Å². The van der Waals surface area contributed by atoms with Gasteiger partial charge in [0.15, 0.2) is 5.82 Å². The highest BCUT2D eigenvalue weighted by Gasteiger charge is 1.99. The molecule has 0 saturated heterocycles. The molecule has 2 rings (SSSR count). The van der Waals surface area contributed by atoms with E-state index >= 15 is 0 Å². The van der Waals surface area contributed by atoms with Crippen molar-refractivity contribution in [2.75, 3.05) is 5.32 Å². The van der Waals surface area contributed by atoms with E-state index in [1.165, 1.54) is 0 Å². The van der Waals surface area contributed by atoms with E-state index in [-0.39, 0.29) is 0 Å². The molecule has 0 radical (unpaired) electrons. The molecule has 0 unspecified atom stereocenters. The summed E-state index contributed by atoms with van der Waals surface area (Å²) in [6.07, 6.45) is 3.38. The minimum Gasteiger partial charge on any atom is -0.361 e. The second kappa shape index (κ2) is 4.04. The fraction of sp³-hybridized carbons (Fsp3) is 0.333. The third-order valence-electron chi connectivity index (χ3n) is 1.87. The molecule has 1 N–H and O–H groups in total. The number of nitrogens with zero attached hydrogens (tertiary/aromatic N) is 5. The van der Waals surface area contributed by atoms with Crippen LogP contribution in [0.3, 0.4) is 0 Å². The average Bonchev–Trinajstić information content (AvgIpc) is 2.62. The van der Waals surface area contributed by atoms with Crippen LogP contribution in [0.1, 0.15) is 11.4 Å². The summed E-state index contributed by atoms with van der Waals surface area (Å²) in [5.41, 5.74) is 1.07. The molecule has 2 aromatic rings. The topological polar surface area (TPSA) is 68.5 Å². The summed E-state index contributed by atoms with van der Waals surface area (Å²) in [6.45, 7) is 2.53. The highest BCUT2D eigenvalue weighted by Crippen LogP contribution is 2.04. The van der Waals surface area contributed by atoms with Gasteiger partial charge in [-0.2, -0.15) is 10.2 Å². The van der Waals surface area contributed by atoms with Gasteiger partial charge in [0.25, 0.3) is 0 Å². The lowest BCUT2D eigenvalue weighted by molar-refractivity contribution is 0.746. The Morgan fingerprint density at radius 3 is 3.00 bits per heavy atom. The Hall–Kier alpha value is -1.98. The van der Waals surface area contributed by atoms with Gasteiger partial charge in [0.05, 0.1) is 12.7 Å². The van der Waals surface area contributed by atoms with E-state index in [2.05, 4.69) is 25.6 Å². The van der Waals surface area contributed by atoms with Crippen molar-refractivity contribution in [3.63, 3.8) is 0 Å². The SMILES string of the molecule is Cc1cnnc(NCc2ncn(C)n2)c1. The summed E-state index contributed by atoms with van der Waals surface area (Å²) >= 11 is 0. The predicted octanol–water partition coefficient (Wildman–Crippen LogP) is 0.526. The highest BCUT2D eigenvalue weighted by atomic mass is 15.3. The molecule has 78 valence electrons. The van der Waals surface area contributed by atoms with Crippen molar-refractivity contribution in [2.24, 2.45) is 7.05 Å². The molecule has 0 aromatic carbocycles. The van der Waals surface area contributed by atoms with Crippen LogP contribution in [0.4, 0.5) is 5.82 Å². The molecule has 0 aliphatic heterocycles. The van der Waals surface area contributed by atoms with Crippen LogP contribution in [0.5, 0.6) is 0 Å². The molecule has 0 aliphatic carbocycles. The quantitative estimate of drug-likeness (QED) is 0.789. The zero-order chi connectivity index (χ0) is 10.7. The molecule has 0 amide bonds. The molecule has 0 atom stereocenters. The van der Waals surface area contributed by atoms with Crippen LogP contribution < -0.4 is 5.32 Å². The summed E-state index contributed by atoms with van der Waals surface area (Å²) < 4.78 is 1.67. The number of hydrogen-bond acceptors (Lipinski definition) is 5. The van der Waals surface area contributed by atoms with Gasteiger partial charge >= 0.3 is 0 Å². The van der Waals surface area contributed by atoms with Gasteiger partial charge < -0.3 is 5.32 Å². The van der Waals surface area contributed by atoms with Crippen LogP contribution >= 0.6 is 0 Å². The van der Waals surface area contributed by atoms with Gasteiger partial charge in [-0.1, -0.05) is 0 Å². The van der Waals surface area contributed by atoms with Crippen LogP contribution in [0.2, 0.25) is 0 Å². The Balaban J connectivity index is 1.99. The summed E-state index contributed by atoms with van der Waals surface area (Å²) in [5.74, 6) is 1.48. The monoisotopic (exact) mass is 204 g/mol. The van der Waals surface area contributed by atoms with E-state index in [4.69, 9.17) is 0 Å². The molecule has 0 bridgehead atoms. The fourth-order valence-corrected chi connectivity index (χ4v) is 1.18. The first kappa shape index (κ1) is 9.57. The number of aromatic nitrogens is 5. The highest BCUT2D eigenvalue weighted by molar-refractivity contribution is 5.34. The maximum Gasteiger partial charge on any atom is 0.169 e. The second-order valence-electron chi connectivity index (χ2n) is 3.31. The number of hydrogen-bond donors (Lipinski definition) is 1. The Morgan fingerprint density at radius 2 is 2.33 bits per heavy atom. The predicted molar refractivity (Wildman–Crippen MR) is 55.1 cm³/mol. The number of aryl methyl sites for hydroxylation is 2. The smallest absolute Gasteiger partial charge is 0.169 e. The molecule has 0 saturated carbocycles. The number of anilines is 1. The van der Waals surface area contributed by atoms with Crippen molar-refractivity contribution in [3.05, 3.63) is 30.0 Å². The van der Waals surface area contributed by atoms with E-state index in [0.29, 0.717) is 6.54 Å². The maximum atomic E-state index is 4.14. The van der Waals surface area contributed by atoms with E-state index in [9.17, 15) is 0 Å². The molecule has 6 heteroatoms. The molecule has 0 aliphatic rings. The van der Waals surface area contributed by atoms with E-state index in [0.717, 1.165) is 17.2 Å². The van der Waals surface area contributed by atoms with Crippen molar-refractivity contribution in [1.82, 2.24) is 25.0 Å². The second-order valence-corrected chi connectivity index (χ2v) is 3.31. The maximum absolute atomic E-state index is 4.14. The largest absolute Gasteiger partial charge is 0.361 e. The molecule has 2 heterocycles. The van der Waals surface area contributed by atoms with Crippen molar-refractivity contribution in [3.8, 4) is 0 Å². The van der Waals surface area contributed by atoms with E-state index < -0.39 is 0 Å². The van der Waals surface area contributed by atoms with Gasteiger partial charge in [-0.05, 0) is 18.6 Å². The normalized spacial score (nSPS) is 10.3. The summed E-state index contributed by atoms with van der Waals surface area (Å²) in [5, 5.41) is 15.0. The number of rotatable bonds is 3. The Morgan fingerprint density at radius 1 is 1.47 bits per heavy atom. The third kappa shape index (κ3) is 2.49. The van der Waals surface area contributed by atoms with Gasteiger partial charge in [-0.3, -0.25) is 4.68 Å². The Labute approximate surface area is 87.4 Å². The first-order valence-corrected chi connectivity index (χ1v) is 4.62. The molecule has 15 heavy (non-hydrogen) atoms. The molecule has 0 fully saturated rings. The van der Waals surface area contributed by atoms with E-state index in [1.54, 1.807) is 17.2 Å². The van der Waals surface area contributed by atoms with Crippen molar-refractivity contribution in [2.45, 2.75) is 13.5 Å². The Bertz CT molecular complexity index is 449. The molecule has 2 aromatic heterocycles. The Kier molecular flexibility index (Phi) is 2.57. The third-order valence-corrected chi connectivity index (χ3v) is 1.87. The van der Waals surface area contributed by atoms with Crippen LogP contribution in [0.25, 0.3) is 0 Å². The van der Waals surface area contributed by atoms with Crippen LogP contribution in [-0.2, 0) is 13.6 Å². The standard InChI is InChI=1S/C9H12N6/c1-7-3-8(13-12-4-7)10-5-9-11-6-15(2)14-9/h3-4,6H,5H2,1-2H3,(H,10,13). The van der Waals surface area contributed by atoms with Gasteiger partial charge in [-0.15, -0.1) is 5.10 Å². The van der Waals surface area contributed by atoms with Gasteiger partial charge in [0.2, 0.25) is 0 Å². The summed E-state index contributed by atoms with van der Waals surface area (Å²) in [7, 11) is 1.84. The van der Waals surface area contributed by atoms with Crippen LogP contribution in [-0.4, -0.2) is 25.0 Å². The van der Waals surface area contributed by atoms with Crippen molar-refractivity contribution >= 4 is 5.82 Å². The zero-order valence-electron chi connectivity index (χ0n) is 8.68. The lowest BCUT2D eigenvalue weighted by Gasteiger charge is -2.01. The fourth-order valence-electron chi connectivity index (χ4n) is 1.18. The first-order valence-electron chi connectivity index (χ1n) is 4.62. The van der Waals surface area contributed by atoms with Crippen molar-refractivity contribution < 1.29 is 0 Å². The zero-order valence-corrected chi connectivity index (χ0v) is 8.68. The van der Waals surface area contributed by atoms with Crippen LogP contribution in [0, 0.1) is 6.92 Å². The molecular weight excluding hydrogens is 192 g/mol. The average molecular weight is 204 g/mol. The number of nitrogens with one attached hydrogen (secondary N) is 1. The minimum atomic E-state index is 0.555. The minimum absolute atomic E-state index is 0.555.